The first-order valence-electron chi connectivity index (χ1n) is 7.29. The zero-order chi connectivity index (χ0) is 14.3. The van der Waals surface area contributed by atoms with Crippen molar-refractivity contribution in [3.63, 3.8) is 0 Å². The zero-order valence-corrected chi connectivity index (χ0v) is 12.2. The molecule has 2 saturated carbocycles. The normalized spacial score (nSPS) is 23.0. The second-order valence-corrected chi connectivity index (χ2v) is 8.00. The van der Waals surface area contributed by atoms with E-state index < -0.39 is 15.1 Å². The monoisotopic (exact) mass is 301 g/mol. The third kappa shape index (κ3) is 8.01. The molecule has 0 aliphatic heterocycles. The molecule has 0 aromatic rings. The highest BCUT2D eigenvalue weighted by Gasteiger charge is 2.27. The summed E-state index contributed by atoms with van der Waals surface area (Å²) in [5, 5.41) is 0. The molecule has 0 saturated heterocycles. The summed E-state index contributed by atoms with van der Waals surface area (Å²) < 4.78 is 51.3. The first kappa shape index (κ1) is 17.1. The fourth-order valence-electron chi connectivity index (χ4n) is 3.11. The van der Waals surface area contributed by atoms with Gasteiger partial charge in [0.25, 0.3) is 0 Å². The summed E-state index contributed by atoms with van der Waals surface area (Å²) in [5.41, 5.74) is 1.27. The molecule has 1 nitrogen and oxygen atoms in total. The molecule has 7 heteroatoms. The van der Waals surface area contributed by atoms with Crippen LogP contribution < -0.4 is 0 Å². The Kier molecular flexibility index (Phi) is 7.49. The van der Waals surface area contributed by atoms with Crippen LogP contribution in [0, 0.1) is 0 Å². The molecule has 19 heavy (non-hydrogen) atoms. The first-order chi connectivity index (χ1) is 8.88. The van der Waals surface area contributed by atoms with Crippen LogP contribution in [0.15, 0.2) is 0 Å². The second-order valence-electron chi connectivity index (χ2n) is 5.57. The van der Waals surface area contributed by atoms with Gasteiger partial charge in [0.15, 0.2) is 0 Å². The highest BCUT2D eigenvalue weighted by molar-refractivity contribution is 7.46. The third-order valence-corrected chi connectivity index (χ3v) is 6.78. The summed E-state index contributed by atoms with van der Waals surface area (Å²) in [7, 11) is -7.24. The van der Waals surface area contributed by atoms with Crippen LogP contribution in [0.1, 0.15) is 64.2 Å². The van der Waals surface area contributed by atoms with Gasteiger partial charge in [-0.3, -0.25) is 0 Å². The fraction of sp³-hybridized carbons (Fsp3) is 1.00. The van der Waals surface area contributed by atoms with Gasteiger partial charge in [0.1, 0.15) is 0 Å². The van der Waals surface area contributed by atoms with Crippen molar-refractivity contribution in [3.8, 4) is 0 Å². The van der Waals surface area contributed by atoms with Gasteiger partial charge in [-0.1, -0.05) is 38.5 Å². The van der Waals surface area contributed by atoms with Crippen LogP contribution >= 0.6 is 7.80 Å². The van der Waals surface area contributed by atoms with E-state index in [-0.39, 0.29) is 0 Å². The molecule has 0 radical (unpaired) electrons. The van der Waals surface area contributed by atoms with Crippen LogP contribution in [0.4, 0.5) is 17.3 Å². The van der Waals surface area contributed by atoms with Crippen molar-refractivity contribution in [1.82, 2.24) is 0 Å². The molecule has 0 heterocycles. The Balaban J connectivity index is 0.000000312. The van der Waals surface area contributed by atoms with Gasteiger partial charge < -0.3 is 21.8 Å². The van der Waals surface area contributed by atoms with Crippen molar-refractivity contribution in [2.75, 3.05) is 0 Å². The van der Waals surface area contributed by atoms with Crippen LogP contribution in [0.25, 0.3) is 0 Å². The van der Waals surface area contributed by atoms with E-state index in [4.69, 9.17) is 0 Å². The largest absolute Gasteiger partial charge is 0.673 e. The maximum Gasteiger partial charge on any atom is 0.673 e. The van der Waals surface area contributed by atoms with Crippen molar-refractivity contribution in [2.24, 2.45) is 0 Å². The van der Waals surface area contributed by atoms with Crippen molar-refractivity contribution in [1.29, 1.82) is 0 Å². The maximum absolute atomic E-state index is 12.3. The lowest BCUT2D eigenvalue weighted by Crippen LogP contribution is -2.16. The third-order valence-electron chi connectivity index (χ3n) is 4.02. The van der Waals surface area contributed by atoms with E-state index in [1.54, 1.807) is 0 Å². The Bertz CT molecular complexity index is 247. The van der Waals surface area contributed by atoms with Gasteiger partial charge in [-0.2, -0.15) is 0 Å². The smallest absolute Gasteiger partial charge is 0.418 e. The zero-order valence-electron chi connectivity index (χ0n) is 11.2. The van der Waals surface area contributed by atoms with Crippen LogP contribution in [-0.2, 0) is 4.57 Å². The van der Waals surface area contributed by atoms with E-state index in [1.165, 1.54) is 64.2 Å². The van der Waals surface area contributed by atoms with Crippen molar-refractivity contribution in [3.05, 3.63) is 0 Å². The topological polar surface area (TPSA) is 17.1 Å². The van der Waals surface area contributed by atoms with Gasteiger partial charge in [-0.05, 0) is 25.7 Å². The minimum absolute atomic E-state index is 0.636. The van der Waals surface area contributed by atoms with Gasteiger partial charge in [-0.15, -0.1) is 0 Å². The van der Waals surface area contributed by atoms with Crippen molar-refractivity contribution < 1.29 is 21.8 Å². The van der Waals surface area contributed by atoms with Crippen molar-refractivity contribution >= 4 is 15.1 Å². The summed E-state index contributed by atoms with van der Waals surface area (Å²) in [4.78, 5) is 0. The van der Waals surface area contributed by atoms with E-state index in [0.29, 0.717) is 11.3 Å². The number of hydrogen-bond donors (Lipinski definition) is 0. The lowest BCUT2D eigenvalue weighted by Gasteiger charge is -2.28. The molecule has 0 N–H and O–H groups in total. The van der Waals surface area contributed by atoms with E-state index >= 15 is 0 Å². The fourth-order valence-corrected chi connectivity index (χ4v) is 5.73. The average molecular weight is 301 g/mol. The highest BCUT2D eigenvalue weighted by Crippen LogP contribution is 2.46. The van der Waals surface area contributed by atoms with Crippen molar-refractivity contribution in [2.45, 2.75) is 75.5 Å². The molecule has 2 aliphatic rings. The summed E-state index contributed by atoms with van der Waals surface area (Å²) in [5.74, 6) is 0. The van der Waals surface area contributed by atoms with E-state index in [0.717, 1.165) is 0 Å². The second kappa shape index (κ2) is 8.33. The Morgan fingerprint density at radius 2 is 0.947 bits per heavy atom. The predicted molar refractivity (Wildman–Crippen MR) is 72.9 cm³/mol. The van der Waals surface area contributed by atoms with E-state index in [1.807, 2.05) is 0 Å². The molecule has 0 aromatic carbocycles. The van der Waals surface area contributed by atoms with Gasteiger partial charge in [-0.25, -0.2) is 0 Å². The minimum Gasteiger partial charge on any atom is -0.418 e. The Morgan fingerprint density at radius 1 is 0.684 bits per heavy atom. The molecular weight excluding hydrogens is 278 g/mol. The van der Waals surface area contributed by atoms with E-state index in [9.17, 15) is 21.8 Å². The summed E-state index contributed by atoms with van der Waals surface area (Å²) in [6, 6.07) is 0. The van der Waals surface area contributed by atoms with Crippen LogP contribution in [0.5, 0.6) is 0 Å². The summed E-state index contributed by atoms with van der Waals surface area (Å²) >= 11 is 0. The van der Waals surface area contributed by atoms with Crippen LogP contribution in [0.3, 0.4) is 0 Å². The number of hydrogen-bond acceptors (Lipinski definition) is 1. The molecule has 0 atom stereocenters. The lowest BCUT2D eigenvalue weighted by atomic mass is 10.00. The van der Waals surface area contributed by atoms with Crippen LogP contribution in [0.2, 0.25) is 0 Å². The maximum atomic E-state index is 12.3. The molecule has 2 fully saturated rings. The molecular formula is C12H23BF4OP-. The Hall–Kier alpha value is 0.0149. The Labute approximate surface area is 113 Å². The molecule has 2 rings (SSSR count). The van der Waals surface area contributed by atoms with Gasteiger partial charge in [0.05, 0.1) is 7.80 Å². The molecule has 0 spiro atoms. The van der Waals surface area contributed by atoms with Gasteiger partial charge in [0.2, 0.25) is 0 Å². The highest BCUT2D eigenvalue weighted by atomic mass is 31.1. The SMILES string of the molecule is F[B-](F)(F)F.O=[PH](C1CCCCC1)C1CCCCC1. The molecule has 2 aliphatic carbocycles. The molecule has 0 bridgehead atoms. The van der Waals surface area contributed by atoms with E-state index in [2.05, 4.69) is 0 Å². The molecule has 0 unspecified atom stereocenters. The lowest BCUT2D eigenvalue weighted by molar-refractivity contribution is 0.368. The number of rotatable bonds is 2. The quantitative estimate of drug-likeness (QED) is 0.373. The standard InChI is InChI=1S/C12H23OP.BF4/c13-14(11-7-3-1-4-8-11)12-9-5-2-6-10-12;2-1(3,4)5/h11-12,14H,1-10H2;/q;-1. The number of halogens is 4. The molecule has 0 aromatic heterocycles. The predicted octanol–water partition coefficient (Wildman–Crippen LogP) is 5.51. The first-order valence-corrected chi connectivity index (χ1v) is 8.85. The average Bonchev–Trinajstić information content (AvgIpc) is 2.38. The van der Waals surface area contributed by atoms with Gasteiger partial charge >= 0.3 is 7.25 Å². The van der Waals surface area contributed by atoms with Gasteiger partial charge in [0, 0.05) is 11.3 Å². The molecule has 0 amide bonds. The minimum atomic E-state index is -6.00. The summed E-state index contributed by atoms with van der Waals surface area (Å²) in [6.07, 6.45) is 13.2. The summed E-state index contributed by atoms with van der Waals surface area (Å²) in [6.45, 7) is 0. The van der Waals surface area contributed by atoms with Crippen LogP contribution in [-0.4, -0.2) is 18.6 Å². The Morgan fingerprint density at radius 3 is 1.21 bits per heavy atom. The molecule has 114 valence electrons.